The maximum Gasteiger partial charge on any atom is 0.309 e. The maximum atomic E-state index is 11.0. The first-order chi connectivity index (χ1) is 19.0. The van der Waals surface area contributed by atoms with Crippen LogP contribution in [0.15, 0.2) is 25.3 Å². The molecule has 4 heteroatoms. The largest absolute Gasteiger partial charge is 0.481 e. The van der Waals surface area contributed by atoms with Gasteiger partial charge in [-0.25, -0.2) is 0 Å². The summed E-state index contributed by atoms with van der Waals surface area (Å²) >= 11 is 0. The van der Waals surface area contributed by atoms with E-state index in [2.05, 4.69) is 13.2 Å². The fraction of sp³-hybridized carbons (Fsp3) is 0.833. The molecule has 0 bridgehead atoms. The molecule has 0 saturated carbocycles. The molecule has 0 spiro atoms. The smallest absolute Gasteiger partial charge is 0.309 e. The van der Waals surface area contributed by atoms with Crippen LogP contribution in [0.25, 0.3) is 0 Å². The van der Waals surface area contributed by atoms with Crippen LogP contribution in [0.1, 0.15) is 182 Å². The standard InChI is InChI=1S/C22H42O4.C14H26/c1-21(2,19(23)24)17-15-13-11-9-7-5-6-8-10-12-14-16-18-22(3,4)20(25)26;1-3-5-7-9-11-13-14-12-10-8-6-4-2/h5-18H2,1-4H3,(H,23,24)(H,25,26);3-4H,1-2,5-14H2. The summed E-state index contributed by atoms with van der Waals surface area (Å²) < 4.78 is 0. The molecule has 0 saturated heterocycles. The Morgan fingerprint density at radius 2 is 0.650 bits per heavy atom. The molecule has 236 valence electrons. The number of carbonyl (C=O) groups is 2. The van der Waals surface area contributed by atoms with E-state index >= 15 is 0 Å². The number of hydrogen-bond acceptors (Lipinski definition) is 2. The van der Waals surface area contributed by atoms with Gasteiger partial charge in [0.25, 0.3) is 0 Å². The molecule has 0 aromatic carbocycles. The zero-order valence-electron chi connectivity index (χ0n) is 27.3. The molecule has 0 atom stereocenters. The Hall–Kier alpha value is -1.58. The number of hydrogen-bond donors (Lipinski definition) is 2. The maximum absolute atomic E-state index is 11.0. The minimum absolute atomic E-state index is 0.580. The quantitative estimate of drug-likeness (QED) is 0.0732. The molecule has 0 aromatic heterocycles. The minimum Gasteiger partial charge on any atom is -0.481 e. The first kappa shape index (κ1) is 40.6. The molecule has 4 nitrogen and oxygen atoms in total. The van der Waals surface area contributed by atoms with Gasteiger partial charge in [-0.2, -0.15) is 0 Å². The highest BCUT2D eigenvalue weighted by atomic mass is 16.4. The van der Waals surface area contributed by atoms with Crippen molar-refractivity contribution in [1.29, 1.82) is 0 Å². The van der Waals surface area contributed by atoms with Crippen LogP contribution in [0.2, 0.25) is 0 Å². The van der Waals surface area contributed by atoms with Crippen LogP contribution < -0.4 is 0 Å². The predicted molar refractivity (Wildman–Crippen MR) is 174 cm³/mol. The first-order valence-electron chi connectivity index (χ1n) is 16.7. The molecule has 0 amide bonds. The van der Waals surface area contributed by atoms with Gasteiger partial charge < -0.3 is 10.2 Å². The summed E-state index contributed by atoms with van der Waals surface area (Å²) in [6, 6.07) is 0. The van der Waals surface area contributed by atoms with E-state index in [1.807, 2.05) is 39.8 Å². The lowest BCUT2D eigenvalue weighted by Crippen LogP contribution is -2.23. The van der Waals surface area contributed by atoms with E-state index in [-0.39, 0.29) is 0 Å². The van der Waals surface area contributed by atoms with Gasteiger partial charge in [0.2, 0.25) is 0 Å². The molecule has 0 unspecified atom stereocenters. The van der Waals surface area contributed by atoms with Gasteiger partial charge in [0.05, 0.1) is 10.8 Å². The van der Waals surface area contributed by atoms with Crippen LogP contribution in [-0.4, -0.2) is 22.2 Å². The Labute approximate surface area is 249 Å². The second-order valence-electron chi connectivity index (χ2n) is 13.1. The van der Waals surface area contributed by atoms with Gasteiger partial charge in [0.15, 0.2) is 0 Å². The normalized spacial score (nSPS) is 11.5. The molecule has 0 fully saturated rings. The molecule has 0 aliphatic carbocycles. The van der Waals surface area contributed by atoms with Crippen LogP contribution in [0.3, 0.4) is 0 Å². The average molecular weight is 565 g/mol. The molecular weight excluding hydrogens is 496 g/mol. The first-order valence-corrected chi connectivity index (χ1v) is 16.7. The van der Waals surface area contributed by atoms with E-state index < -0.39 is 22.8 Å². The molecule has 2 N–H and O–H groups in total. The van der Waals surface area contributed by atoms with E-state index in [1.165, 1.54) is 116 Å². The third kappa shape index (κ3) is 28.0. The van der Waals surface area contributed by atoms with Gasteiger partial charge in [-0.3, -0.25) is 9.59 Å². The highest BCUT2D eigenvalue weighted by Gasteiger charge is 2.26. The van der Waals surface area contributed by atoms with Crippen LogP contribution in [0.4, 0.5) is 0 Å². The van der Waals surface area contributed by atoms with Crippen molar-refractivity contribution >= 4 is 11.9 Å². The summed E-state index contributed by atoms with van der Waals surface area (Å²) in [4.78, 5) is 22.0. The molecular formula is C36H68O4. The Kier molecular flexibility index (Phi) is 28.0. The lowest BCUT2D eigenvalue weighted by Gasteiger charge is -2.18. The zero-order chi connectivity index (χ0) is 30.5. The highest BCUT2D eigenvalue weighted by Crippen LogP contribution is 2.25. The SMILES string of the molecule is C=CCCCCCCCCCCC=C.CC(C)(CCCCCCCCCCCCCCC(C)(C)C(=O)O)C(=O)O. The number of unbranched alkanes of at least 4 members (excludes halogenated alkanes) is 20. The summed E-state index contributed by atoms with van der Waals surface area (Å²) in [5.41, 5.74) is -1.16. The topological polar surface area (TPSA) is 74.6 Å². The molecule has 0 radical (unpaired) electrons. The molecule has 0 aliphatic rings. The summed E-state index contributed by atoms with van der Waals surface area (Å²) in [5, 5.41) is 18.1. The van der Waals surface area contributed by atoms with Gasteiger partial charge >= 0.3 is 11.9 Å². The molecule has 40 heavy (non-hydrogen) atoms. The van der Waals surface area contributed by atoms with Crippen molar-refractivity contribution in [2.75, 3.05) is 0 Å². The van der Waals surface area contributed by atoms with E-state index in [9.17, 15) is 9.59 Å². The van der Waals surface area contributed by atoms with Crippen molar-refractivity contribution in [3.8, 4) is 0 Å². The van der Waals surface area contributed by atoms with E-state index in [0.29, 0.717) is 0 Å². The third-order valence-electron chi connectivity index (χ3n) is 8.08. The molecule has 0 rings (SSSR count). The zero-order valence-corrected chi connectivity index (χ0v) is 27.3. The van der Waals surface area contributed by atoms with Gasteiger partial charge in [-0.15, -0.1) is 13.2 Å². The van der Waals surface area contributed by atoms with Gasteiger partial charge in [-0.05, 0) is 66.2 Å². The number of allylic oxidation sites excluding steroid dienone is 2. The van der Waals surface area contributed by atoms with E-state index in [1.54, 1.807) is 0 Å². The second kappa shape index (κ2) is 27.6. The fourth-order valence-electron chi connectivity index (χ4n) is 4.75. The van der Waals surface area contributed by atoms with E-state index in [0.717, 1.165) is 38.5 Å². The monoisotopic (exact) mass is 565 g/mol. The van der Waals surface area contributed by atoms with Crippen LogP contribution in [0.5, 0.6) is 0 Å². The Balaban J connectivity index is 0. The Bertz CT molecular complexity index is 566. The number of carboxylic acids is 2. The van der Waals surface area contributed by atoms with Crippen LogP contribution in [-0.2, 0) is 9.59 Å². The highest BCUT2D eigenvalue weighted by molar-refractivity contribution is 5.73. The minimum atomic E-state index is -0.692. The summed E-state index contributed by atoms with van der Waals surface area (Å²) in [6.45, 7) is 14.7. The Morgan fingerprint density at radius 1 is 0.450 bits per heavy atom. The van der Waals surface area contributed by atoms with Crippen LogP contribution >= 0.6 is 0 Å². The van der Waals surface area contributed by atoms with E-state index in [4.69, 9.17) is 10.2 Å². The summed E-state index contributed by atoms with van der Waals surface area (Å²) in [5.74, 6) is -1.38. The van der Waals surface area contributed by atoms with Gasteiger partial charge in [0.1, 0.15) is 0 Å². The van der Waals surface area contributed by atoms with Crippen LogP contribution in [0, 0.1) is 10.8 Å². The number of aliphatic carboxylic acids is 2. The van der Waals surface area contributed by atoms with Crippen molar-refractivity contribution in [2.24, 2.45) is 10.8 Å². The lowest BCUT2D eigenvalue weighted by molar-refractivity contribution is -0.148. The molecule has 0 aliphatic heterocycles. The fourth-order valence-corrected chi connectivity index (χ4v) is 4.75. The molecule has 0 aromatic rings. The summed E-state index contributed by atoms with van der Waals surface area (Å²) in [6.07, 6.45) is 33.5. The van der Waals surface area contributed by atoms with Gasteiger partial charge in [-0.1, -0.05) is 128 Å². The van der Waals surface area contributed by atoms with Gasteiger partial charge in [0, 0.05) is 0 Å². The predicted octanol–water partition coefficient (Wildman–Crippen LogP) is 11.9. The lowest BCUT2D eigenvalue weighted by atomic mass is 9.87. The second-order valence-corrected chi connectivity index (χ2v) is 13.1. The van der Waals surface area contributed by atoms with Crippen molar-refractivity contribution in [3.05, 3.63) is 25.3 Å². The van der Waals surface area contributed by atoms with Crippen molar-refractivity contribution in [3.63, 3.8) is 0 Å². The number of carboxylic acid groups (broad SMARTS) is 2. The van der Waals surface area contributed by atoms with Crippen molar-refractivity contribution < 1.29 is 19.8 Å². The molecule has 0 heterocycles. The third-order valence-corrected chi connectivity index (χ3v) is 8.08. The summed E-state index contributed by atoms with van der Waals surface area (Å²) in [7, 11) is 0. The Morgan fingerprint density at radius 3 is 0.850 bits per heavy atom. The van der Waals surface area contributed by atoms with Crippen molar-refractivity contribution in [2.45, 2.75) is 182 Å². The average Bonchev–Trinajstić information content (AvgIpc) is 2.90. The van der Waals surface area contributed by atoms with Crippen molar-refractivity contribution in [1.82, 2.24) is 0 Å². The number of rotatable bonds is 28.